The number of nitrogens with zero attached hydrogens (tertiary/aromatic N) is 1. The van der Waals surface area contributed by atoms with Crippen LogP contribution in [-0.4, -0.2) is 68.8 Å². The number of carbonyl (C=O) groups is 2. The fourth-order valence-corrected chi connectivity index (χ4v) is 5.16. The summed E-state index contributed by atoms with van der Waals surface area (Å²) in [5.41, 5.74) is 0.389. The molecule has 1 amide bonds. The molecular formula is C25H38F3NO5Si. The van der Waals surface area contributed by atoms with Crippen LogP contribution >= 0.6 is 0 Å². The molecule has 1 aromatic carbocycles. The van der Waals surface area contributed by atoms with Gasteiger partial charge < -0.3 is 19.2 Å². The topological polar surface area (TPSA) is 76.1 Å². The lowest BCUT2D eigenvalue weighted by atomic mass is 9.78. The van der Waals surface area contributed by atoms with E-state index in [1.807, 2.05) is 33.9 Å². The minimum absolute atomic E-state index is 0.0134. The van der Waals surface area contributed by atoms with Crippen molar-refractivity contribution in [1.29, 1.82) is 0 Å². The van der Waals surface area contributed by atoms with E-state index in [4.69, 9.17) is 9.16 Å². The summed E-state index contributed by atoms with van der Waals surface area (Å²) in [6, 6.07) is 7.69. The second-order valence-electron chi connectivity index (χ2n) is 10.7. The van der Waals surface area contributed by atoms with Crippen LogP contribution in [0.5, 0.6) is 0 Å². The molecule has 0 spiro atoms. The third kappa shape index (κ3) is 8.04. The predicted molar refractivity (Wildman–Crippen MR) is 129 cm³/mol. The van der Waals surface area contributed by atoms with Crippen LogP contribution in [0.2, 0.25) is 18.1 Å². The van der Waals surface area contributed by atoms with Gasteiger partial charge in [0, 0.05) is 13.2 Å². The molecule has 0 saturated carbocycles. The standard InChI is InChI=1S/C25H38F3NO5Si/c1-24(2,3)35(4,5)34-17-21-15-19(11-13-30)20(16-29(21)23(32)25(26,27)28)12-14-33-22(31)18-9-7-6-8-10-18/h6-10,19-21,30H,11-17H2,1-5H3/t19-,20-,21-/m0/s1. The molecule has 198 valence electrons. The molecule has 1 N–H and O–H groups in total. The SMILES string of the molecule is CC(C)(C)[Si](C)(C)OC[C@@H]1C[C@H](CCO)[C@@H](CCOC(=O)c2ccccc2)CN1C(=O)C(F)(F)F. The number of esters is 1. The number of likely N-dealkylation sites (tertiary alicyclic amines) is 1. The first kappa shape index (κ1) is 29.3. The Balaban J connectivity index is 2.14. The average molecular weight is 518 g/mol. The molecule has 1 aliphatic rings. The maximum Gasteiger partial charge on any atom is 0.471 e. The van der Waals surface area contributed by atoms with Crippen molar-refractivity contribution < 1.29 is 37.0 Å². The van der Waals surface area contributed by atoms with Crippen LogP contribution in [0.3, 0.4) is 0 Å². The van der Waals surface area contributed by atoms with Crippen molar-refractivity contribution in [3.63, 3.8) is 0 Å². The Labute approximate surface area is 206 Å². The van der Waals surface area contributed by atoms with Gasteiger partial charge in [-0.25, -0.2) is 4.79 Å². The second kappa shape index (κ2) is 11.9. The summed E-state index contributed by atoms with van der Waals surface area (Å²) in [7, 11) is -2.25. The van der Waals surface area contributed by atoms with E-state index in [1.165, 1.54) is 0 Å². The lowest BCUT2D eigenvalue weighted by molar-refractivity contribution is -0.192. The summed E-state index contributed by atoms with van der Waals surface area (Å²) in [4.78, 5) is 25.5. The van der Waals surface area contributed by atoms with Gasteiger partial charge in [-0.1, -0.05) is 39.0 Å². The molecule has 2 rings (SSSR count). The van der Waals surface area contributed by atoms with Gasteiger partial charge in [-0.05, 0) is 61.4 Å². The number of ether oxygens (including phenoxy) is 1. The summed E-state index contributed by atoms with van der Waals surface area (Å²) in [6.07, 6.45) is -4.03. The second-order valence-corrected chi connectivity index (χ2v) is 15.5. The monoisotopic (exact) mass is 517 g/mol. The highest BCUT2D eigenvalue weighted by molar-refractivity contribution is 6.74. The minimum Gasteiger partial charge on any atom is -0.462 e. The summed E-state index contributed by atoms with van der Waals surface area (Å²) in [5, 5.41) is 9.46. The molecule has 1 saturated heterocycles. The van der Waals surface area contributed by atoms with Crippen LogP contribution in [-0.2, 0) is 14.0 Å². The molecule has 1 aliphatic heterocycles. The van der Waals surface area contributed by atoms with Gasteiger partial charge in [0.2, 0.25) is 0 Å². The Hall–Kier alpha value is -1.91. The van der Waals surface area contributed by atoms with Crippen molar-refractivity contribution in [3.05, 3.63) is 35.9 Å². The average Bonchev–Trinajstić information content (AvgIpc) is 2.77. The van der Waals surface area contributed by atoms with Crippen molar-refractivity contribution in [2.75, 3.05) is 26.4 Å². The predicted octanol–water partition coefficient (Wildman–Crippen LogP) is 5.03. The third-order valence-corrected chi connectivity index (χ3v) is 11.8. The number of rotatable bonds is 9. The number of aliphatic hydroxyl groups excluding tert-OH is 1. The van der Waals surface area contributed by atoms with E-state index in [9.17, 15) is 27.9 Å². The van der Waals surface area contributed by atoms with E-state index in [0.29, 0.717) is 18.4 Å². The number of carbonyl (C=O) groups excluding carboxylic acids is 2. The zero-order chi connectivity index (χ0) is 26.4. The van der Waals surface area contributed by atoms with E-state index in [0.717, 1.165) is 4.90 Å². The maximum atomic E-state index is 13.5. The maximum absolute atomic E-state index is 13.5. The van der Waals surface area contributed by atoms with Crippen LogP contribution in [0, 0.1) is 11.8 Å². The van der Waals surface area contributed by atoms with Gasteiger partial charge in [-0.15, -0.1) is 0 Å². The number of piperidine rings is 1. The van der Waals surface area contributed by atoms with E-state index in [-0.39, 0.29) is 49.7 Å². The van der Waals surface area contributed by atoms with Crippen LogP contribution in [0.1, 0.15) is 50.4 Å². The van der Waals surface area contributed by atoms with Gasteiger partial charge in [-0.3, -0.25) is 4.79 Å². The smallest absolute Gasteiger partial charge is 0.462 e. The number of amides is 1. The van der Waals surface area contributed by atoms with E-state index < -0.39 is 32.4 Å². The largest absolute Gasteiger partial charge is 0.471 e. The van der Waals surface area contributed by atoms with Crippen molar-refractivity contribution in [3.8, 4) is 0 Å². The van der Waals surface area contributed by atoms with Gasteiger partial charge in [0.05, 0.1) is 24.8 Å². The number of alkyl halides is 3. The van der Waals surface area contributed by atoms with Gasteiger partial charge in [0.1, 0.15) is 0 Å². The molecule has 6 nitrogen and oxygen atoms in total. The van der Waals surface area contributed by atoms with E-state index in [1.54, 1.807) is 30.3 Å². The van der Waals surface area contributed by atoms with Crippen molar-refractivity contribution in [1.82, 2.24) is 4.90 Å². The quantitative estimate of drug-likeness (QED) is 0.367. The molecule has 0 radical (unpaired) electrons. The number of hydrogen-bond acceptors (Lipinski definition) is 5. The van der Waals surface area contributed by atoms with E-state index in [2.05, 4.69) is 0 Å². The highest BCUT2D eigenvalue weighted by Crippen LogP contribution is 2.39. The first-order valence-corrected chi connectivity index (χ1v) is 14.9. The normalized spacial score (nSPS) is 21.6. The van der Waals surface area contributed by atoms with Gasteiger partial charge >= 0.3 is 18.1 Å². The third-order valence-electron chi connectivity index (χ3n) is 7.29. The first-order chi connectivity index (χ1) is 16.2. The lowest BCUT2D eigenvalue weighted by Gasteiger charge is -2.46. The van der Waals surface area contributed by atoms with Crippen LogP contribution in [0.4, 0.5) is 13.2 Å². The highest BCUT2D eigenvalue weighted by Gasteiger charge is 2.49. The Morgan fingerprint density at radius 1 is 1.09 bits per heavy atom. The molecule has 35 heavy (non-hydrogen) atoms. The fourth-order valence-electron chi connectivity index (χ4n) is 4.12. The van der Waals surface area contributed by atoms with Crippen LogP contribution < -0.4 is 0 Å². The van der Waals surface area contributed by atoms with Crippen LogP contribution in [0.15, 0.2) is 30.3 Å². The first-order valence-electron chi connectivity index (χ1n) is 12.0. The Morgan fingerprint density at radius 3 is 2.26 bits per heavy atom. The summed E-state index contributed by atoms with van der Waals surface area (Å²) in [5.74, 6) is -2.86. The summed E-state index contributed by atoms with van der Waals surface area (Å²) >= 11 is 0. The van der Waals surface area contributed by atoms with Crippen LogP contribution in [0.25, 0.3) is 0 Å². The molecule has 1 fully saturated rings. The molecule has 0 unspecified atom stereocenters. The zero-order valence-electron chi connectivity index (χ0n) is 21.2. The fraction of sp³-hybridized carbons (Fsp3) is 0.680. The van der Waals surface area contributed by atoms with Crippen molar-refractivity contribution in [2.45, 2.75) is 70.4 Å². The molecule has 1 heterocycles. The number of halogens is 3. The molecular weight excluding hydrogens is 479 g/mol. The van der Waals surface area contributed by atoms with Crippen molar-refractivity contribution in [2.24, 2.45) is 11.8 Å². The molecule has 1 aromatic rings. The molecule has 3 atom stereocenters. The molecule has 0 aliphatic carbocycles. The number of aliphatic hydroxyl groups is 1. The zero-order valence-corrected chi connectivity index (χ0v) is 22.2. The summed E-state index contributed by atoms with van der Waals surface area (Å²) < 4.78 is 51.9. The molecule has 0 aromatic heterocycles. The Bertz CT molecular complexity index is 842. The summed E-state index contributed by atoms with van der Waals surface area (Å²) in [6.45, 7) is 9.95. The lowest BCUT2D eigenvalue weighted by Crippen LogP contribution is -2.57. The Morgan fingerprint density at radius 2 is 1.71 bits per heavy atom. The number of benzene rings is 1. The minimum atomic E-state index is -5.00. The van der Waals surface area contributed by atoms with Gasteiger partial charge in [-0.2, -0.15) is 13.2 Å². The Kier molecular flexibility index (Phi) is 9.95. The van der Waals surface area contributed by atoms with E-state index >= 15 is 0 Å². The highest BCUT2D eigenvalue weighted by atomic mass is 28.4. The van der Waals surface area contributed by atoms with Gasteiger partial charge in [0.25, 0.3) is 0 Å². The molecule has 10 heteroatoms. The van der Waals surface area contributed by atoms with Crippen molar-refractivity contribution >= 4 is 20.2 Å². The number of hydrogen-bond donors (Lipinski definition) is 1. The molecule has 0 bridgehead atoms. The van der Waals surface area contributed by atoms with Gasteiger partial charge in [0.15, 0.2) is 8.32 Å².